The van der Waals surface area contributed by atoms with E-state index in [0.717, 1.165) is 29.0 Å². The Morgan fingerprint density at radius 1 is 1.15 bits per heavy atom. The van der Waals surface area contributed by atoms with Gasteiger partial charge in [-0.15, -0.1) is 0 Å². The van der Waals surface area contributed by atoms with Crippen LogP contribution >= 0.6 is 0 Å². The van der Waals surface area contributed by atoms with Crippen LogP contribution in [0.1, 0.15) is 17.3 Å². The second kappa shape index (κ2) is 10.1. The maximum atomic E-state index is 14.9. The van der Waals surface area contributed by atoms with E-state index in [2.05, 4.69) is 5.32 Å². The Morgan fingerprint density at radius 2 is 1.79 bits per heavy atom. The molecule has 1 aliphatic heterocycles. The van der Waals surface area contributed by atoms with Crippen LogP contribution in [0.3, 0.4) is 0 Å². The molecular formula is C21H19F3N4O5S. The summed E-state index contributed by atoms with van der Waals surface area (Å²) in [5.74, 6) is -3.96. The monoisotopic (exact) mass is 496 g/mol. The van der Waals surface area contributed by atoms with E-state index in [0.29, 0.717) is 25.7 Å². The summed E-state index contributed by atoms with van der Waals surface area (Å²) in [5.41, 5.74) is -1.34. The standard InChI is InChI=1S/C21H18F3N3O3.HNO2S/c1-11-9-26(5-4-25-11)19-8-18-13(7-16(19)24)20(28)14(21(29)30)10-27(18)17-3-2-12(22)6-15(17)23;1-4(2)3/h2-3,6-8,10-11,25H,4-5,9H2,1H3,(H,29,30);1H. The van der Waals surface area contributed by atoms with Crippen LogP contribution in [0.15, 0.2) is 41.3 Å². The molecule has 1 unspecified atom stereocenters. The lowest BCUT2D eigenvalue weighted by atomic mass is 10.1. The Hall–Kier alpha value is -3.71. The van der Waals surface area contributed by atoms with E-state index in [9.17, 15) is 27.9 Å². The van der Waals surface area contributed by atoms with Crippen molar-refractivity contribution < 1.29 is 31.5 Å². The van der Waals surface area contributed by atoms with Gasteiger partial charge >= 0.3 is 16.5 Å². The summed E-state index contributed by atoms with van der Waals surface area (Å²) in [4.78, 5) is 26.0. The first kappa shape index (κ1) is 24.9. The molecule has 1 aromatic heterocycles. The van der Waals surface area contributed by atoms with Gasteiger partial charge in [0.2, 0.25) is 5.43 Å². The lowest BCUT2D eigenvalue weighted by Crippen LogP contribution is -2.49. The number of carboxylic acid groups (broad SMARTS) is 1. The topological polar surface area (TPSA) is 133 Å². The SMILES string of the molecule is CC1CN(c2cc3c(cc2F)c(=O)c(C(=O)O)cn3-c2ccc(F)cc2F)CCN1.N=S(=O)=O. The van der Waals surface area contributed by atoms with E-state index < -0.39 is 44.9 Å². The summed E-state index contributed by atoms with van der Waals surface area (Å²) in [5, 5.41) is 12.4. The smallest absolute Gasteiger partial charge is 0.341 e. The number of pyridine rings is 1. The number of benzene rings is 2. The van der Waals surface area contributed by atoms with Crippen LogP contribution in [-0.2, 0) is 10.5 Å². The summed E-state index contributed by atoms with van der Waals surface area (Å²) < 4.78 is 66.8. The van der Waals surface area contributed by atoms with E-state index >= 15 is 0 Å². The maximum Gasteiger partial charge on any atom is 0.341 e. The molecule has 2 heterocycles. The fourth-order valence-electron chi connectivity index (χ4n) is 3.76. The maximum absolute atomic E-state index is 14.9. The largest absolute Gasteiger partial charge is 0.477 e. The number of anilines is 1. The predicted octanol–water partition coefficient (Wildman–Crippen LogP) is 2.53. The molecule has 4 rings (SSSR count). The van der Waals surface area contributed by atoms with Crippen LogP contribution in [0.2, 0.25) is 0 Å². The molecule has 180 valence electrons. The number of piperazine rings is 1. The van der Waals surface area contributed by atoms with Gasteiger partial charge in [-0.3, -0.25) is 4.79 Å². The lowest BCUT2D eigenvalue weighted by Gasteiger charge is -2.34. The van der Waals surface area contributed by atoms with Crippen LogP contribution in [0.4, 0.5) is 18.9 Å². The summed E-state index contributed by atoms with van der Waals surface area (Å²) >= 11 is 0. The molecular weight excluding hydrogens is 477 g/mol. The van der Waals surface area contributed by atoms with Gasteiger partial charge in [-0.2, -0.15) is 13.2 Å². The summed E-state index contributed by atoms with van der Waals surface area (Å²) in [7, 11) is -2.61. The van der Waals surface area contributed by atoms with Crippen molar-refractivity contribution in [3.63, 3.8) is 0 Å². The zero-order valence-electron chi connectivity index (χ0n) is 17.7. The Kier molecular flexibility index (Phi) is 7.37. The number of halogens is 3. The predicted molar refractivity (Wildman–Crippen MR) is 118 cm³/mol. The van der Waals surface area contributed by atoms with Gasteiger partial charge in [0, 0.05) is 43.3 Å². The number of aromatic nitrogens is 1. The molecule has 1 saturated heterocycles. The first-order valence-corrected chi connectivity index (χ1v) is 10.9. The minimum Gasteiger partial charge on any atom is -0.477 e. The Morgan fingerprint density at radius 3 is 2.38 bits per heavy atom. The van der Waals surface area contributed by atoms with Gasteiger partial charge in [0.25, 0.3) is 0 Å². The van der Waals surface area contributed by atoms with Gasteiger partial charge in [-0.05, 0) is 31.2 Å². The molecule has 9 nitrogen and oxygen atoms in total. The second-order valence-electron chi connectivity index (χ2n) is 7.50. The molecule has 1 fully saturated rings. The Labute approximate surface area is 192 Å². The number of hydrogen-bond donors (Lipinski definition) is 3. The van der Waals surface area contributed by atoms with Crippen LogP contribution in [0, 0.1) is 22.2 Å². The number of carboxylic acids is 1. The van der Waals surface area contributed by atoms with Crippen molar-refractivity contribution in [2.45, 2.75) is 13.0 Å². The number of fused-ring (bicyclic) bond motifs is 1. The minimum atomic E-state index is -2.61. The molecule has 34 heavy (non-hydrogen) atoms. The molecule has 1 aliphatic rings. The molecule has 0 amide bonds. The van der Waals surface area contributed by atoms with Gasteiger partial charge in [-0.25, -0.2) is 18.0 Å². The highest BCUT2D eigenvalue weighted by Gasteiger charge is 2.23. The average Bonchev–Trinajstić information content (AvgIpc) is 2.74. The fourth-order valence-corrected chi connectivity index (χ4v) is 3.76. The van der Waals surface area contributed by atoms with Gasteiger partial charge in [0.1, 0.15) is 23.0 Å². The number of nitrogens with zero attached hydrogens (tertiary/aromatic N) is 2. The third kappa shape index (κ3) is 5.26. The van der Waals surface area contributed by atoms with Crippen LogP contribution < -0.4 is 15.6 Å². The van der Waals surface area contributed by atoms with Crippen LogP contribution in [0.5, 0.6) is 0 Å². The molecule has 0 bridgehead atoms. The number of nitrogens with one attached hydrogen (secondary N) is 2. The molecule has 3 aromatic rings. The van der Waals surface area contributed by atoms with Crippen LogP contribution in [-0.4, -0.2) is 49.7 Å². The first-order valence-electron chi connectivity index (χ1n) is 9.86. The van der Waals surface area contributed by atoms with E-state index in [1.807, 2.05) is 6.92 Å². The Bertz CT molecular complexity index is 1440. The minimum absolute atomic E-state index is 0.111. The van der Waals surface area contributed by atoms with Gasteiger partial charge in [-0.1, -0.05) is 0 Å². The molecule has 0 spiro atoms. The summed E-state index contributed by atoms with van der Waals surface area (Å²) in [6.07, 6.45) is 0.978. The number of rotatable bonds is 3. The molecule has 13 heteroatoms. The van der Waals surface area contributed by atoms with Gasteiger partial charge in [0.05, 0.1) is 16.9 Å². The summed E-state index contributed by atoms with van der Waals surface area (Å²) in [6.45, 7) is 3.63. The second-order valence-corrected chi connectivity index (χ2v) is 7.97. The van der Waals surface area contributed by atoms with Crippen molar-refractivity contribution in [1.29, 1.82) is 4.78 Å². The molecule has 2 aromatic carbocycles. The zero-order valence-corrected chi connectivity index (χ0v) is 18.5. The normalized spacial score (nSPS) is 15.5. The number of carbonyl (C=O) groups is 1. The van der Waals surface area contributed by atoms with Crippen molar-refractivity contribution in [3.05, 3.63) is 69.8 Å². The van der Waals surface area contributed by atoms with Crippen molar-refractivity contribution >= 4 is 33.1 Å². The number of aromatic carboxylic acids is 1. The van der Waals surface area contributed by atoms with Crippen molar-refractivity contribution in [3.8, 4) is 5.69 Å². The lowest BCUT2D eigenvalue weighted by molar-refractivity contribution is 0.0695. The highest BCUT2D eigenvalue weighted by molar-refractivity contribution is 7.60. The third-order valence-electron chi connectivity index (χ3n) is 5.18. The zero-order chi connectivity index (χ0) is 25.2. The third-order valence-corrected chi connectivity index (χ3v) is 5.18. The van der Waals surface area contributed by atoms with E-state index in [1.165, 1.54) is 6.07 Å². The quantitative estimate of drug-likeness (QED) is 0.508. The van der Waals surface area contributed by atoms with E-state index in [-0.39, 0.29) is 28.3 Å². The molecule has 0 radical (unpaired) electrons. The average molecular weight is 496 g/mol. The van der Waals surface area contributed by atoms with Crippen molar-refractivity contribution in [2.24, 2.45) is 0 Å². The number of hydrogen-bond acceptors (Lipinski definition) is 7. The van der Waals surface area contributed by atoms with Crippen molar-refractivity contribution in [2.75, 3.05) is 24.5 Å². The van der Waals surface area contributed by atoms with Gasteiger partial charge in [0.15, 0.2) is 0 Å². The molecule has 0 saturated carbocycles. The van der Waals surface area contributed by atoms with E-state index in [4.69, 9.17) is 13.2 Å². The molecule has 3 N–H and O–H groups in total. The highest BCUT2D eigenvalue weighted by Crippen LogP contribution is 2.28. The fraction of sp³-hybridized carbons (Fsp3) is 0.238. The Balaban J connectivity index is 0.000000751. The summed E-state index contributed by atoms with van der Waals surface area (Å²) in [6, 6.07) is 5.30. The van der Waals surface area contributed by atoms with Gasteiger partial charge < -0.3 is 19.9 Å². The van der Waals surface area contributed by atoms with Crippen molar-refractivity contribution in [1.82, 2.24) is 9.88 Å². The highest BCUT2D eigenvalue weighted by atomic mass is 32.2. The van der Waals surface area contributed by atoms with Crippen LogP contribution in [0.25, 0.3) is 16.6 Å². The van der Waals surface area contributed by atoms with E-state index in [1.54, 1.807) is 4.90 Å². The molecule has 0 aliphatic carbocycles. The first-order chi connectivity index (χ1) is 16.0. The molecule has 1 atom stereocenters.